The van der Waals surface area contributed by atoms with E-state index < -0.39 is 81.0 Å². The summed E-state index contributed by atoms with van der Waals surface area (Å²) in [6.07, 6.45) is 0.973. The fourth-order valence-electron chi connectivity index (χ4n) is 4.12. The molecule has 0 spiro atoms. The van der Waals surface area contributed by atoms with E-state index in [-0.39, 0.29) is 32.9 Å². The SMILES string of the molecule is CC(C)(ON=C(C(=O)N[C@@H]1C(=O)N(S(=O)(=O)O)[C@H]1CNC(=O)c1ccc(CNC(=O)c2cc(=O)c(O)c[nH]2)cc1)c1csc(N)n1)C(=O)O. The molecule has 0 radical (unpaired) electrons. The molecule has 20 nitrogen and oxygen atoms in total. The Morgan fingerprint density at radius 1 is 1.14 bits per heavy atom. The van der Waals surface area contributed by atoms with Gasteiger partial charge in [-0.15, -0.1) is 11.3 Å². The zero-order valence-corrected chi connectivity index (χ0v) is 27.0. The third-order valence-corrected chi connectivity index (χ3v) is 8.46. The maximum absolute atomic E-state index is 13.2. The number of carboxylic acids is 1. The molecule has 4 rings (SSSR count). The Morgan fingerprint density at radius 2 is 1.82 bits per heavy atom. The molecule has 0 saturated carbocycles. The summed E-state index contributed by atoms with van der Waals surface area (Å²) < 4.78 is 33.6. The van der Waals surface area contributed by atoms with Crippen molar-refractivity contribution in [3.05, 3.63) is 74.6 Å². The predicted octanol–water partition coefficient (Wildman–Crippen LogP) is -1.44. The Morgan fingerprint density at radius 3 is 2.39 bits per heavy atom. The van der Waals surface area contributed by atoms with Gasteiger partial charge in [0.15, 0.2) is 16.6 Å². The molecule has 3 heterocycles. The lowest BCUT2D eigenvalue weighted by atomic mass is 9.98. The highest BCUT2D eigenvalue weighted by Crippen LogP contribution is 2.24. The fourth-order valence-corrected chi connectivity index (χ4v) is 5.54. The van der Waals surface area contributed by atoms with Crippen LogP contribution in [0.15, 0.2) is 51.9 Å². The highest BCUT2D eigenvalue weighted by Gasteiger charge is 2.54. The van der Waals surface area contributed by atoms with E-state index in [9.17, 15) is 52.0 Å². The van der Waals surface area contributed by atoms with Crippen LogP contribution >= 0.6 is 11.3 Å². The number of carbonyl (C=O) groups is 5. The van der Waals surface area contributed by atoms with Crippen molar-refractivity contribution in [1.29, 1.82) is 0 Å². The van der Waals surface area contributed by atoms with Crippen molar-refractivity contribution in [1.82, 2.24) is 30.2 Å². The van der Waals surface area contributed by atoms with E-state index in [1.807, 2.05) is 0 Å². The van der Waals surface area contributed by atoms with Crippen LogP contribution in [0.4, 0.5) is 5.13 Å². The van der Waals surface area contributed by atoms with Gasteiger partial charge in [0, 0.05) is 36.3 Å². The number of aromatic nitrogens is 2. The minimum absolute atomic E-state index is 0.00382. The standard InChI is InChI=1S/C27H28N8O12S2/c1-27(2,25(42)43)47-34-19(15-11-48-26(28)32-15)23(40)33-20-16(35(24(20)41)49(44,45)46)9-31-21(38)13-5-3-12(4-6-13)8-30-22(39)14-7-17(36)18(37)10-29-14/h3-7,10-11,16,20,37H,8-9H2,1-2H3,(H2,28,32)(H,29,36)(H,30,39)(H,31,38)(H,33,40)(H,42,43)(H,44,45,46)/t16-,20-/m0/s1. The average molecular weight is 721 g/mol. The van der Waals surface area contributed by atoms with Crippen LogP contribution in [0, 0.1) is 0 Å². The van der Waals surface area contributed by atoms with Crippen molar-refractivity contribution in [3.63, 3.8) is 0 Å². The van der Waals surface area contributed by atoms with Gasteiger partial charge in [0.2, 0.25) is 11.0 Å². The van der Waals surface area contributed by atoms with Crippen LogP contribution in [0.3, 0.4) is 0 Å². The van der Waals surface area contributed by atoms with Crippen LogP contribution in [0.1, 0.15) is 46.0 Å². The molecule has 9 N–H and O–H groups in total. The Bertz CT molecular complexity index is 2010. The van der Waals surface area contributed by atoms with Gasteiger partial charge < -0.3 is 41.7 Å². The molecule has 3 aromatic rings. The first-order valence-corrected chi connectivity index (χ1v) is 16.1. The third kappa shape index (κ3) is 8.35. The molecule has 0 unspecified atom stereocenters. The van der Waals surface area contributed by atoms with Crippen LogP contribution in [0.2, 0.25) is 0 Å². The average Bonchev–Trinajstić information content (AvgIpc) is 3.46. The van der Waals surface area contributed by atoms with Gasteiger partial charge in [-0.3, -0.25) is 28.5 Å². The zero-order chi connectivity index (χ0) is 36.3. The molecule has 22 heteroatoms. The minimum atomic E-state index is -5.13. The first-order valence-electron chi connectivity index (χ1n) is 13.8. The number of aromatic amines is 1. The summed E-state index contributed by atoms with van der Waals surface area (Å²) >= 11 is 0.908. The number of carboxylic acid groups (broad SMARTS) is 1. The van der Waals surface area contributed by atoms with Gasteiger partial charge in [0.05, 0.1) is 6.04 Å². The molecule has 49 heavy (non-hydrogen) atoms. The second-order valence-electron chi connectivity index (χ2n) is 10.7. The van der Waals surface area contributed by atoms with E-state index in [0.29, 0.717) is 5.56 Å². The van der Waals surface area contributed by atoms with E-state index in [4.69, 9.17) is 10.6 Å². The van der Waals surface area contributed by atoms with Crippen LogP contribution in [0.25, 0.3) is 0 Å². The van der Waals surface area contributed by atoms with Gasteiger partial charge in [0.25, 0.3) is 23.6 Å². The summed E-state index contributed by atoms with van der Waals surface area (Å²) in [5.74, 6) is -5.73. The number of hydrogen-bond acceptors (Lipinski definition) is 14. The number of carbonyl (C=O) groups excluding carboxylic acids is 4. The quantitative estimate of drug-likeness (QED) is 0.0434. The Hall–Kier alpha value is -5.87. The first-order chi connectivity index (χ1) is 22.9. The normalized spacial score (nSPS) is 16.3. The summed E-state index contributed by atoms with van der Waals surface area (Å²) in [5.41, 5.74) is 2.78. The van der Waals surface area contributed by atoms with E-state index in [1.54, 1.807) is 0 Å². The van der Waals surface area contributed by atoms with E-state index in [1.165, 1.54) is 29.6 Å². The van der Waals surface area contributed by atoms with E-state index in [0.717, 1.165) is 37.4 Å². The number of nitrogens with two attached hydrogens (primary N) is 1. The van der Waals surface area contributed by atoms with E-state index >= 15 is 0 Å². The van der Waals surface area contributed by atoms with Gasteiger partial charge in [-0.25, -0.2) is 14.1 Å². The van der Waals surface area contributed by atoms with Crippen molar-refractivity contribution in [3.8, 4) is 5.75 Å². The molecule has 0 bridgehead atoms. The van der Waals surface area contributed by atoms with Gasteiger partial charge >= 0.3 is 16.3 Å². The second-order valence-corrected chi connectivity index (χ2v) is 12.9. The number of H-pyrrole nitrogens is 1. The lowest BCUT2D eigenvalue weighted by Crippen LogP contribution is -2.74. The number of aromatic hydroxyl groups is 1. The molecule has 2 aromatic heterocycles. The number of nitrogen functional groups attached to an aromatic ring is 1. The molecule has 1 fully saturated rings. The number of rotatable bonds is 13. The smallest absolute Gasteiger partial charge is 0.362 e. The van der Waals surface area contributed by atoms with Crippen LogP contribution in [-0.4, -0.2) is 97.0 Å². The Balaban J connectivity index is 1.43. The van der Waals surface area contributed by atoms with Crippen LogP contribution < -0.4 is 27.1 Å². The lowest BCUT2D eigenvalue weighted by molar-refractivity contribution is -0.161. The molecule has 2 atom stereocenters. The van der Waals surface area contributed by atoms with Crippen LogP contribution in [0.5, 0.6) is 5.75 Å². The summed E-state index contributed by atoms with van der Waals surface area (Å²) in [4.78, 5) is 85.5. The molecular formula is C27H28N8O12S2. The number of pyridine rings is 1. The van der Waals surface area contributed by atoms with Gasteiger partial charge in [-0.1, -0.05) is 17.3 Å². The lowest BCUT2D eigenvalue weighted by Gasteiger charge is -2.44. The second kappa shape index (κ2) is 14.1. The zero-order valence-electron chi connectivity index (χ0n) is 25.4. The molecular weight excluding hydrogens is 692 g/mol. The third-order valence-electron chi connectivity index (χ3n) is 6.84. The minimum Gasteiger partial charge on any atom is -0.503 e. The molecule has 0 aliphatic carbocycles. The monoisotopic (exact) mass is 720 g/mol. The largest absolute Gasteiger partial charge is 0.503 e. The van der Waals surface area contributed by atoms with Gasteiger partial charge in [0.1, 0.15) is 17.4 Å². The predicted molar refractivity (Wildman–Crippen MR) is 169 cm³/mol. The van der Waals surface area contributed by atoms with Gasteiger partial charge in [-0.05, 0) is 31.5 Å². The number of thiazole rings is 1. The number of anilines is 1. The number of nitrogens with zero attached hydrogens (tertiary/aromatic N) is 3. The maximum Gasteiger partial charge on any atom is 0.362 e. The number of benzene rings is 1. The number of hydrogen-bond donors (Lipinski definition) is 8. The van der Waals surface area contributed by atoms with Crippen molar-refractivity contribution in [2.45, 2.75) is 38.1 Å². The summed E-state index contributed by atoms with van der Waals surface area (Å²) in [5, 5.41) is 30.7. The highest BCUT2D eigenvalue weighted by molar-refractivity contribution is 7.84. The molecule has 4 amide bonds. The summed E-state index contributed by atoms with van der Waals surface area (Å²) in [6.45, 7) is 1.72. The van der Waals surface area contributed by atoms with E-state index in [2.05, 4.69) is 31.1 Å². The molecule has 1 aliphatic rings. The molecule has 260 valence electrons. The maximum atomic E-state index is 13.2. The highest BCUT2D eigenvalue weighted by atomic mass is 32.2. The molecule has 1 saturated heterocycles. The van der Waals surface area contributed by atoms with Crippen LogP contribution in [-0.2, 0) is 36.1 Å². The van der Waals surface area contributed by atoms with Crippen molar-refractivity contribution >= 4 is 62.1 Å². The fraction of sp³-hybridized carbons (Fsp3) is 0.259. The molecule has 1 aromatic carbocycles. The number of amides is 4. The number of β-lactam (4-membered cyclic amide) rings is 1. The Labute approximate surface area is 279 Å². The van der Waals surface area contributed by atoms with Gasteiger partial charge in [-0.2, -0.15) is 8.42 Å². The number of nitrogens with one attached hydrogen (secondary N) is 4. The van der Waals surface area contributed by atoms with Crippen molar-refractivity contribution < 1.29 is 52.0 Å². The molecule has 1 aliphatic heterocycles. The first kappa shape index (κ1) is 36.0. The summed E-state index contributed by atoms with van der Waals surface area (Å²) in [6, 6.07) is 3.56. The summed E-state index contributed by atoms with van der Waals surface area (Å²) in [7, 11) is -5.13. The van der Waals surface area contributed by atoms with Crippen molar-refractivity contribution in [2.24, 2.45) is 5.16 Å². The number of oxime groups is 1. The number of aliphatic carboxylic acids is 1. The van der Waals surface area contributed by atoms with Crippen molar-refractivity contribution in [2.75, 3.05) is 12.3 Å². The topological polar surface area (TPSA) is 313 Å². The Kier molecular flexibility index (Phi) is 10.3.